The van der Waals surface area contributed by atoms with Gasteiger partial charge in [-0.05, 0) is 19.1 Å². The Kier molecular flexibility index (Phi) is 5.54. The molecule has 0 aliphatic carbocycles. The van der Waals surface area contributed by atoms with E-state index in [1.165, 1.54) is 13.0 Å². The topological polar surface area (TPSA) is 85.1 Å². The van der Waals surface area contributed by atoms with E-state index in [-0.39, 0.29) is 11.6 Å². The van der Waals surface area contributed by atoms with Gasteiger partial charge >= 0.3 is 0 Å². The third kappa shape index (κ3) is 4.19. The van der Waals surface area contributed by atoms with Crippen molar-refractivity contribution in [2.45, 2.75) is 31.3 Å². The molecule has 6 nitrogen and oxygen atoms in total. The second kappa shape index (κ2) is 7.40. The van der Waals surface area contributed by atoms with E-state index in [1.54, 1.807) is 0 Å². The van der Waals surface area contributed by atoms with Crippen LogP contribution in [0.25, 0.3) is 0 Å². The molecule has 0 unspecified atom stereocenters. The minimum absolute atomic E-state index is 0.110. The Hall–Kier alpha value is -2.16. The Bertz CT molecular complexity index is 716. The molecule has 1 N–H and O–H groups in total. The van der Waals surface area contributed by atoms with Crippen LogP contribution in [-0.2, 0) is 27.8 Å². The number of halogens is 2. The Morgan fingerprint density at radius 2 is 2.04 bits per heavy atom. The number of nitrogens with one attached hydrogen (secondary N) is 1. The van der Waals surface area contributed by atoms with Crippen molar-refractivity contribution in [3.05, 3.63) is 41.5 Å². The Balaban J connectivity index is 2.02. The van der Waals surface area contributed by atoms with Gasteiger partial charge in [0.25, 0.3) is 0 Å². The molecule has 2 rings (SSSR count). The summed E-state index contributed by atoms with van der Waals surface area (Å²) in [4.78, 5) is 16.0. The standard InChI is InChI=1S/C14H15F2N3O3S/c1-3-11-17-12(22-19-11)7-23(21)8(2)14(20)18-13-9(15)5-4-6-10(13)16/h4-6,8H,3,7H2,1-2H3,(H,18,20)/t8-,23+/m1/s1. The molecule has 0 fully saturated rings. The molecule has 1 heterocycles. The van der Waals surface area contributed by atoms with E-state index in [1.807, 2.05) is 6.92 Å². The van der Waals surface area contributed by atoms with Gasteiger partial charge in [0.2, 0.25) is 11.8 Å². The molecule has 1 amide bonds. The molecular weight excluding hydrogens is 328 g/mol. The molecule has 2 aromatic rings. The van der Waals surface area contributed by atoms with Crippen LogP contribution in [0.2, 0.25) is 0 Å². The normalized spacial score (nSPS) is 13.6. The van der Waals surface area contributed by atoms with Gasteiger partial charge in [0.15, 0.2) is 5.82 Å². The van der Waals surface area contributed by atoms with Gasteiger partial charge in [-0.3, -0.25) is 9.00 Å². The van der Waals surface area contributed by atoms with Crippen molar-refractivity contribution >= 4 is 22.4 Å². The van der Waals surface area contributed by atoms with E-state index in [4.69, 9.17) is 4.52 Å². The fraction of sp³-hybridized carbons (Fsp3) is 0.357. The summed E-state index contributed by atoms with van der Waals surface area (Å²) in [6.07, 6.45) is 0.568. The maximum absolute atomic E-state index is 13.5. The van der Waals surface area contributed by atoms with Crippen molar-refractivity contribution in [2.24, 2.45) is 0 Å². The number of benzene rings is 1. The number of para-hydroxylation sites is 1. The molecule has 0 saturated carbocycles. The lowest BCUT2D eigenvalue weighted by atomic mass is 10.3. The van der Waals surface area contributed by atoms with E-state index in [0.29, 0.717) is 12.2 Å². The average Bonchev–Trinajstić information content (AvgIpc) is 2.97. The van der Waals surface area contributed by atoms with Crippen LogP contribution in [0, 0.1) is 11.6 Å². The molecule has 0 saturated heterocycles. The number of anilines is 1. The Morgan fingerprint density at radius 3 is 2.61 bits per heavy atom. The molecule has 0 aliphatic rings. The largest absolute Gasteiger partial charge is 0.338 e. The summed E-state index contributed by atoms with van der Waals surface area (Å²) < 4.78 is 44.1. The fourth-order valence-electron chi connectivity index (χ4n) is 1.70. The second-order valence-corrected chi connectivity index (χ2v) is 6.47. The van der Waals surface area contributed by atoms with Crippen LogP contribution in [0.3, 0.4) is 0 Å². The zero-order valence-corrected chi connectivity index (χ0v) is 13.3. The number of carbonyl (C=O) groups excluding carboxylic acids is 1. The highest BCUT2D eigenvalue weighted by Crippen LogP contribution is 2.19. The molecule has 0 aliphatic heterocycles. The van der Waals surface area contributed by atoms with Crippen LogP contribution in [0.1, 0.15) is 25.6 Å². The predicted octanol–water partition coefficient (Wildman–Crippen LogP) is 2.19. The van der Waals surface area contributed by atoms with Crippen molar-refractivity contribution in [1.29, 1.82) is 0 Å². The first-order valence-corrected chi connectivity index (χ1v) is 8.24. The summed E-state index contributed by atoms with van der Waals surface area (Å²) in [6.45, 7) is 3.23. The van der Waals surface area contributed by atoms with Gasteiger partial charge in [-0.2, -0.15) is 4.98 Å². The van der Waals surface area contributed by atoms with Crippen LogP contribution in [-0.4, -0.2) is 25.5 Å². The second-order valence-electron chi connectivity index (χ2n) is 4.71. The summed E-state index contributed by atoms with van der Waals surface area (Å²) in [6, 6.07) is 3.22. The molecule has 1 aromatic heterocycles. The summed E-state index contributed by atoms with van der Waals surface area (Å²) in [5.41, 5.74) is -0.563. The molecule has 0 spiro atoms. The van der Waals surface area contributed by atoms with Gasteiger partial charge in [-0.15, -0.1) is 0 Å². The predicted molar refractivity (Wildman–Crippen MR) is 80.0 cm³/mol. The van der Waals surface area contributed by atoms with E-state index in [2.05, 4.69) is 15.5 Å². The number of hydrogen-bond donors (Lipinski definition) is 1. The van der Waals surface area contributed by atoms with Crippen molar-refractivity contribution in [2.75, 3.05) is 5.32 Å². The highest BCUT2D eigenvalue weighted by molar-refractivity contribution is 7.85. The molecule has 1 aromatic carbocycles. The Labute approximate surface area is 133 Å². The quantitative estimate of drug-likeness (QED) is 0.869. The van der Waals surface area contributed by atoms with Crippen molar-refractivity contribution < 1.29 is 22.3 Å². The molecule has 0 bridgehead atoms. The summed E-state index contributed by atoms with van der Waals surface area (Å²) >= 11 is 0. The van der Waals surface area contributed by atoms with Gasteiger partial charge in [0.05, 0.1) is 0 Å². The maximum Gasteiger partial charge on any atom is 0.240 e. The first-order valence-electron chi connectivity index (χ1n) is 6.85. The number of amides is 1. The summed E-state index contributed by atoms with van der Waals surface area (Å²) in [5, 5.41) is 4.77. The number of carbonyl (C=O) groups is 1. The van der Waals surface area contributed by atoms with E-state index >= 15 is 0 Å². The smallest absolute Gasteiger partial charge is 0.240 e. The minimum Gasteiger partial charge on any atom is -0.338 e. The lowest BCUT2D eigenvalue weighted by Gasteiger charge is -2.12. The highest BCUT2D eigenvalue weighted by atomic mass is 32.2. The molecule has 124 valence electrons. The highest BCUT2D eigenvalue weighted by Gasteiger charge is 2.24. The van der Waals surface area contributed by atoms with Crippen molar-refractivity contribution in [3.8, 4) is 0 Å². The van der Waals surface area contributed by atoms with Gasteiger partial charge in [-0.25, -0.2) is 8.78 Å². The van der Waals surface area contributed by atoms with Crippen molar-refractivity contribution in [3.63, 3.8) is 0 Å². The van der Waals surface area contributed by atoms with Crippen LogP contribution < -0.4 is 5.32 Å². The molecule has 23 heavy (non-hydrogen) atoms. The number of rotatable bonds is 6. The van der Waals surface area contributed by atoms with Gasteiger partial charge in [0.1, 0.15) is 28.3 Å². The maximum atomic E-state index is 13.5. The monoisotopic (exact) mass is 343 g/mol. The minimum atomic E-state index is -1.67. The SMILES string of the molecule is CCc1noc(C[S@](=O)[C@H](C)C(=O)Nc2c(F)cccc2F)n1. The number of aromatic nitrogens is 2. The van der Waals surface area contributed by atoms with Gasteiger partial charge in [0, 0.05) is 17.2 Å². The molecule has 2 atom stereocenters. The van der Waals surface area contributed by atoms with E-state index in [9.17, 15) is 17.8 Å². The van der Waals surface area contributed by atoms with Gasteiger partial charge < -0.3 is 9.84 Å². The van der Waals surface area contributed by atoms with Crippen LogP contribution in [0.4, 0.5) is 14.5 Å². The number of hydrogen-bond acceptors (Lipinski definition) is 5. The van der Waals surface area contributed by atoms with Crippen LogP contribution >= 0.6 is 0 Å². The molecular formula is C14H15F2N3O3S. The summed E-state index contributed by atoms with van der Waals surface area (Å²) in [5.74, 6) is -2.05. The third-order valence-corrected chi connectivity index (χ3v) is 4.60. The van der Waals surface area contributed by atoms with Gasteiger partial charge in [-0.1, -0.05) is 18.1 Å². The van der Waals surface area contributed by atoms with Crippen LogP contribution in [0.15, 0.2) is 22.7 Å². The molecule has 0 radical (unpaired) electrons. The zero-order chi connectivity index (χ0) is 17.0. The number of nitrogens with zero attached hydrogens (tertiary/aromatic N) is 2. The van der Waals surface area contributed by atoms with E-state index < -0.39 is 39.3 Å². The van der Waals surface area contributed by atoms with Crippen LogP contribution in [0.5, 0.6) is 0 Å². The third-order valence-electron chi connectivity index (χ3n) is 3.07. The average molecular weight is 343 g/mol. The zero-order valence-electron chi connectivity index (χ0n) is 12.5. The molecule has 9 heteroatoms. The van der Waals surface area contributed by atoms with E-state index in [0.717, 1.165) is 12.1 Å². The summed E-state index contributed by atoms with van der Waals surface area (Å²) in [7, 11) is -1.67. The lowest BCUT2D eigenvalue weighted by molar-refractivity contribution is -0.115. The first kappa shape index (κ1) is 17.2. The van der Waals surface area contributed by atoms with Crippen molar-refractivity contribution in [1.82, 2.24) is 10.1 Å². The first-order chi connectivity index (χ1) is 10.9. The fourth-order valence-corrected chi connectivity index (χ4v) is 2.61. The number of aryl methyl sites for hydroxylation is 1. The Morgan fingerprint density at radius 1 is 1.39 bits per heavy atom. The lowest BCUT2D eigenvalue weighted by Crippen LogP contribution is -2.30.